The Morgan fingerprint density at radius 3 is 2.63 bits per heavy atom. The van der Waals surface area contributed by atoms with Crippen molar-refractivity contribution in [2.45, 2.75) is 62.9 Å². The minimum absolute atomic E-state index is 0.0177. The topological polar surface area (TPSA) is 106 Å². The van der Waals surface area contributed by atoms with E-state index in [4.69, 9.17) is 14.2 Å². The van der Waals surface area contributed by atoms with E-state index in [9.17, 15) is 14.7 Å². The van der Waals surface area contributed by atoms with Gasteiger partial charge in [0.1, 0.15) is 23.7 Å². The number of aliphatic hydroxyl groups excluding tert-OH is 1. The SMILES string of the molecule is COc1ccc(CNC(=O)C[C@H]2C[C@H]3c4cc(NC(=O)C5CCC5)ccc4O[C@H]3[C@@H](CO)O2)cc1. The minimum Gasteiger partial charge on any atom is -0.497 e. The van der Waals surface area contributed by atoms with Crippen LogP contribution in [-0.2, 0) is 20.9 Å². The van der Waals surface area contributed by atoms with Crippen LogP contribution in [0.25, 0.3) is 0 Å². The van der Waals surface area contributed by atoms with Gasteiger partial charge in [0.25, 0.3) is 0 Å². The Kier molecular flexibility index (Phi) is 6.92. The molecule has 2 fully saturated rings. The van der Waals surface area contributed by atoms with Gasteiger partial charge in [-0.1, -0.05) is 18.6 Å². The van der Waals surface area contributed by atoms with Crippen LogP contribution in [0.4, 0.5) is 5.69 Å². The van der Waals surface area contributed by atoms with E-state index in [1.54, 1.807) is 7.11 Å². The Hall–Kier alpha value is -3.10. The second-order valence-corrected chi connectivity index (χ2v) is 9.60. The van der Waals surface area contributed by atoms with Crippen LogP contribution >= 0.6 is 0 Å². The molecule has 1 aliphatic carbocycles. The Labute approximate surface area is 205 Å². The van der Waals surface area contributed by atoms with Gasteiger partial charge in [0.15, 0.2) is 0 Å². The molecule has 1 saturated carbocycles. The summed E-state index contributed by atoms with van der Waals surface area (Å²) in [5, 5.41) is 15.9. The number of amides is 2. The molecule has 0 unspecified atom stereocenters. The first-order valence-electron chi connectivity index (χ1n) is 12.3. The lowest BCUT2D eigenvalue weighted by molar-refractivity contribution is -0.142. The summed E-state index contributed by atoms with van der Waals surface area (Å²) in [4.78, 5) is 25.1. The average molecular weight is 481 g/mol. The number of hydrogen-bond donors (Lipinski definition) is 3. The Balaban J connectivity index is 1.22. The molecule has 8 heteroatoms. The summed E-state index contributed by atoms with van der Waals surface area (Å²) in [5.74, 6) is 1.56. The van der Waals surface area contributed by atoms with E-state index >= 15 is 0 Å². The Bertz CT molecular complexity index is 1070. The first-order chi connectivity index (χ1) is 17.0. The highest BCUT2D eigenvalue weighted by atomic mass is 16.6. The van der Waals surface area contributed by atoms with Gasteiger partial charge >= 0.3 is 0 Å². The molecule has 4 atom stereocenters. The van der Waals surface area contributed by atoms with Gasteiger partial charge in [-0.3, -0.25) is 9.59 Å². The van der Waals surface area contributed by atoms with Crippen molar-refractivity contribution in [3.05, 3.63) is 53.6 Å². The fourth-order valence-corrected chi connectivity index (χ4v) is 5.10. The molecule has 0 spiro atoms. The van der Waals surface area contributed by atoms with Crippen molar-refractivity contribution in [3.8, 4) is 11.5 Å². The van der Waals surface area contributed by atoms with Crippen LogP contribution in [0.2, 0.25) is 0 Å². The van der Waals surface area contributed by atoms with E-state index in [2.05, 4.69) is 10.6 Å². The Morgan fingerprint density at radius 2 is 1.94 bits per heavy atom. The maximum absolute atomic E-state index is 12.7. The number of anilines is 1. The smallest absolute Gasteiger partial charge is 0.227 e. The lowest BCUT2D eigenvalue weighted by atomic mass is 9.83. The lowest BCUT2D eigenvalue weighted by Crippen LogP contribution is -2.47. The fraction of sp³-hybridized carbons (Fsp3) is 0.481. The number of hydrogen-bond acceptors (Lipinski definition) is 6. The third-order valence-electron chi connectivity index (χ3n) is 7.30. The standard InChI is InChI=1S/C27H32N2O6/c1-33-19-8-5-16(6-9-19)14-28-25(31)13-20-12-22-21-11-18(29-27(32)17-3-2-4-17)7-10-23(21)35-26(22)24(15-30)34-20/h5-11,17,20,22,24,26,30H,2-4,12-15H2,1H3,(H,28,31)(H,29,32)/t20-,22+,24-,26-/m1/s1. The summed E-state index contributed by atoms with van der Waals surface area (Å²) in [6.07, 6.45) is 2.63. The second kappa shape index (κ2) is 10.3. The van der Waals surface area contributed by atoms with E-state index in [1.807, 2.05) is 42.5 Å². The molecule has 2 aliphatic heterocycles. The fourth-order valence-electron chi connectivity index (χ4n) is 5.10. The van der Waals surface area contributed by atoms with Crippen molar-refractivity contribution >= 4 is 17.5 Å². The number of rotatable bonds is 8. The van der Waals surface area contributed by atoms with Gasteiger partial charge in [-0.25, -0.2) is 0 Å². The molecule has 0 bridgehead atoms. The number of carbonyl (C=O) groups is 2. The minimum atomic E-state index is -0.520. The molecule has 0 radical (unpaired) electrons. The third-order valence-corrected chi connectivity index (χ3v) is 7.30. The molecule has 5 rings (SSSR count). The first-order valence-corrected chi connectivity index (χ1v) is 12.3. The zero-order valence-corrected chi connectivity index (χ0v) is 19.9. The van der Waals surface area contributed by atoms with E-state index in [1.165, 1.54) is 0 Å². The van der Waals surface area contributed by atoms with Gasteiger partial charge in [-0.05, 0) is 55.2 Å². The predicted octanol–water partition coefficient (Wildman–Crippen LogP) is 3.13. The molecular weight excluding hydrogens is 448 g/mol. The number of methoxy groups -OCH3 is 1. The number of fused-ring (bicyclic) bond motifs is 3. The summed E-state index contributed by atoms with van der Waals surface area (Å²) in [5.41, 5.74) is 2.73. The molecule has 3 aliphatic rings. The van der Waals surface area contributed by atoms with Crippen LogP contribution in [0.3, 0.4) is 0 Å². The van der Waals surface area contributed by atoms with Crippen molar-refractivity contribution in [2.75, 3.05) is 19.0 Å². The van der Waals surface area contributed by atoms with Crippen molar-refractivity contribution in [2.24, 2.45) is 5.92 Å². The van der Waals surface area contributed by atoms with E-state index in [0.717, 1.165) is 47.6 Å². The predicted molar refractivity (Wildman–Crippen MR) is 129 cm³/mol. The highest BCUT2D eigenvalue weighted by Crippen LogP contribution is 2.47. The second-order valence-electron chi connectivity index (χ2n) is 9.60. The molecule has 2 heterocycles. The molecule has 186 valence electrons. The summed E-state index contributed by atoms with van der Waals surface area (Å²) in [7, 11) is 1.62. The monoisotopic (exact) mass is 480 g/mol. The van der Waals surface area contributed by atoms with Crippen molar-refractivity contribution in [3.63, 3.8) is 0 Å². The lowest BCUT2D eigenvalue weighted by Gasteiger charge is -2.37. The van der Waals surface area contributed by atoms with Gasteiger partial charge in [0.05, 0.1) is 26.2 Å². The molecule has 2 aromatic rings. The highest BCUT2D eigenvalue weighted by molar-refractivity contribution is 5.93. The molecule has 1 saturated heterocycles. The zero-order valence-electron chi connectivity index (χ0n) is 19.9. The summed E-state index contributed by atoms with van der Waals surface area (Å²) < 4.78 is 17.3. The van der Waals surface area contributed by atoms with Crippen LogP contribution in [0, 0.1) is 5.92 Å². The van der Waals surface area contributed by atoms with Crippen LogP contribution < -0.4 is 20.1 Å². The van der Waals surface area contributed by atoms with Crippen LogP contribution in [0.15, 0.2) is 42.5 Å². The molecule has 8 nitrogen and oxygen atoms in total. The maximum Gasteiger partial charge on any atom is 0.227 e. The van der Waals surface area contributed by atoms with Crippen molar-refractivity contribution in [1.29, 1.82) is 0 Å². The molecule has 0 aromatic heterocycles. The van der Waals surface area contributed by atoms with E-state index in [-0.39, 0.29) is 48.9 Å². The van der Waals surface area contributed by atoms with Gasteiger partial charge in [-0.15, -0.1) is 0 Å². The molecule has 35 heavy (non-hydrogen) atoms. The number of nitrogens with one attached hydrogen (secondary N) is 2. The van der Waals surface area contributed by atoms with Gasteiger partial charge in [0, 0.05) is 29.6 Å². The third kappa shape index (κ3) is 5.13. The van der Waals surface area contributed by atoms with Gasteiger partial charge in [-0.2, -0.15) is 0 Å². The molecular formula is C27H32N2O6. The van der Waals surface area contributed by atoms with Crippen LogP contribution in [-0.4, -0.2) is 48.9 Å². The van der Waals surface area contributed by atoms with Gasteiger partial charge < -0.3 is 30.0 Å². The zero-order chi connectivity index (χ0) is 24.4. The van der Waals surface area contributed by atoms with E-state index < -0.39 is 6.10 Å². The maximum atomic E-state index is 12.7. The summed E-state index contributed by atoms with van der Waals surface area (Å²) in [6.45, 7) is 0.228. The first kappa shape index (κ1) is 23.6. The average Bonchev–Trinajstić information content (AvgIpc) is 3.19. The number of benzene rings is 2. The van der Waals surface area contributed by atoms with Crippen molar-refractivity contribution < 1.29 is 28.9 Å². The van der Waals surface area contributed by atoms with E-state index in [0.29, 0.717) is 13.0 Å². The number of aliphatic hydroxyl groups is 1. The number of carbonyl (C=O) groups excluding carboxylic acids is 2. The quantitative estimate of drug-likeness (QED) is 0.536. The molecule has 3 N–H and O–H groups in total. The highest BCUT2D eigenvalue weighted by Gasteiger charge is 2.46. The van der Waals surface area contributed by atoms with Crippen molar-refractivity contribution in [1.82, 2.24) is 5.32 Å². The summed E-state index contributed by atoms with van der Waals surface area (Å²) >= 11 is 0. The summed E-state index contributed by atoms with van der Waals surface area (Å²) in [6, 6.07) is 13.2. The molecule has 2 aromatic carbocycles. The molecule has 2 amide bonds. The van der Waals surface area contributed by atoms with Crippen LogP contribution in [0.1, 0.15) is 49.1 Å². The normalized spacial score (nSPS) is 25.0. The Morgan fingerprint density at radius 1 is 1.14 bits per heavy atom. The largest absolute Gasteiger partial charge is 0.497 e. The van der Waals surface area contributed by atoms with Crippen LogP contribution in [0.5, 0.6) is 11.5 Å². The number of ether oxygens (including phenoxy) is 3. The van der Waals surface area contributed by atoms with Gasteiger partial charge in [0.2, 0.25) is 11.8 Å².